The summed E-state index contributed by atoms with van der Waals surface area (Å²) in [6.07, 6.45) is 8.93. The van der Waals surface area contributed by atoms with Gasteiger partial charge in [-0.1, -0.05) is 38.0 Å². The molecular formula is C18H30. The lowest BCUT2D eigenvalue weighted by Gasteiger charge is -2.27. The Hall–Kier alpha value is -0.780. The van der Waals surface area contributed by atoms with E-state index >= 15 is 0 Å². The lowest BCUT2D eigenvalue weighted by molar-refractivity contribution is 0.496. The summed E-state index contributed by atoms with van der Waals surface area (Å²) in [4.78, 5) is 0. The molecule has 0 N–H and O–H groups in total. The van der Waals surface area contributed by atoms with E-state index in [1.165, 1.54) is 37.7 Å². The van der Waals surface area contributed by atoms with E-state index in [9.17, 15) is 0 Å². The smallest absolute Gasteiger partial charge is 0.0236 e. The van der Waals surface area contributed by atoms with Crippen LogP contribution in [0.15, 0.2) is 33.9 Å². The molecule has 2 rings (SSSR count). The fourth-order valence-corrected chi connectivity index (χ4v) is 3.20. The third kappa shape index (κ3) is 3.60. The van der Waals surface area contributed by atoms with Crippen LogP contribution in [0, 0.1) is 5.92 Å². The van der Waals surface area contributed by atoms with Gasteiger partial charge in [-0.3, -0.25) is 0 Å². The molecule has 0 radical (unpaired) electrons. The summed E-state index contributed by atoms with van der Waals surface area (Å²) in [6, 6.07) is 0. The van der Waals surface area contributed by atoms with Crippen molar-refractivity contribution in [2.75, 3.05) is 0 Å². The zero-order chi connectivity index (χ0) is 13.7. The molecule has 2 aliphatic carbocycles. The van der Waals surface area contributed by atoms with Crippen LogP contribution < -0.4 is 0 Å². The topological polar surface area (TPSA) is 0 Å². The molecule has 1 atom stereocenters. The zero-order valence-corrected chi connectivity index (χ0v) is 13.2. The van der Waals surface area contributed by atoms with E-state index in [1.54, 1.807) is 22.3 Å². The fraction of sp³-hybridized carbons (Fsp3) is 0.667. The van der Waals surface area contributed by atoms with Crippen LogP contribution in [0.2, 0.25) is 0 Å². The molecule has 0 aromatic carbocycles. The molecule has 0 bridgehead atoms. The maximum atomic E-state index is 2.39. The van der Waals surface area contributed by atoms with Crippen LogP contribution in [0.5, 0.6) is 0 Å². The molecule has 0 heterocycles. The Labute approximate surface area is 114 Å². The van der Waals surface area contributed by atoms with Crippen molar-refractivity contribution in [3.63, 3.8) is 0 Å². The molecular weight excluding hydrogens is 216 g/mol. The van der Waals surface area contributed by atoms with Gasteiger partial charge in [-0.2, -0.15) is 0 Å². The van der Waals surface area contributed by atoms with E-state index in [0.29, 0.717) is 0 Å². The lowest BCUT2D eigenvalue weighted by atomic mass is 9.78. The van der Waals surface area contributed by atoms with Crippen molar-refractivity contribution in [2.45, 2.75) is 73.6 Å². The minimum absolute atomic E-state index is 0.894. The molecule has 0 fully saturated rings. The van der Waals surface area contributed by atoms with Crippen LogP contribution in [0.25, 0.3) is 0 Å². The summed E-state index contributed by atoms with van der Waals surface area (Å²) in [5.74, 6) is 0.894. The molecule has 0 heteroatoms. The molecule has 0 aliphatic heterocycles. The van der Waals surface area contributed by atoms with Gasteiger partial charge in [-0.05, 0) is 75.5 Å². The molecule has 0 nitrogen and oxygen atoms in total. The van der Waals surface area contributed by atoms with Gasteiger partial charge < -0.3 is 0 Å². The Kier molecular flexibility index (Phi) is 5.91. The van der Waals surface area contributed by atoms with Crippen LogP contribution >= 0.6 is 0 Å². The summed E-state index contributed by atoms with van der Waals surface area (Å²) >= 11 is 0. The van der Waals surface area contributed by atoms with Crippen molar-refractivity contribution in [3.05, 3.63) is 33.9 Å². The maximum Gasteiger partial charge on any atom is -0.0236 e. The summed E-state index contributed by atoms with van der Waals surface area (Å²) in [5, 5.41) is 0. The van der Waals surface area contributed by atoms with Gasteiger partial charge in [0.1, 0.15) is 0 Å². The van der Waals surface area contributed by atoms with E-state index in [1.807, 2.05) is 13.8 Å². The van der Waals surface area contributed by atoms with Crippen molar-refractivity contribution in [1.29, 1.82) is 0 Å². The molecule has 1 unspecified atom stereocenters. The first kappa shape index (κ1) is 15.3. The van der Waals surface area contributed by atoms with E-state index in [2.05, 4.69) is 33.8 Å². The largest absolute Gasteiger partial charge is 0.0727 e. The normalized spacial score (nSPS) is 24.6. The van der Waals surface area contributed by atoms with Crippen LogP contribution in [0.3, 0.4) is 0 Å². The van der Waals surface area contributed by atoms with Crippen LogP contribution in [0.4, 0.5) is 0 Å². The third-order valence-electron chi connectivity index (χ3n) is 4.13. The van der Waals surface area contributed by atoms with Crippen molar-refractivity contribution in [3.8, 4) is 0 Å². The number of rotatable bonds is 1. The Morgan fingerprint density at radius 1 is 0.944 bits per heavy atom. The fourth-order valence-electron chi connectivity index (χ4n) is 3.20. The Bertz CT molecular complexity index is 377. The quantitative estimate of drug-likeness (QED) is 0.516. The highest BCUT2D eigenvalue weighted by molar-refractivity contribution is 5.45. The van der Waals surface area contributed by atoms with E-state index in [4.69, 9.17) is 0 Å². The second-order valence-corrected chi connectivity index (χ2v) is 5.76. The molecule has 0 aromatic rings. The van der Waals surface area contributed by atoms with Gasteiger partial charge in [0.2, 0.25) is 0 Å². The van der Waals surface area contributed by atoms with E-state index in [0.717, 1.165) is 5.92 Å². The van der Waals surface area contributed by atoms with Crippen molar-refractivity contribution in [2.24, 2.45) is 5.92 Å². The van der Waals surface area contributed by atoms with Gasteiger partial charge >= 0.3 is 0 Å². The van der Waals surface area contributed by atoms with Crippen molar-refractivity contribution >= 4 is 0 Å². The maximum absolute atomic E-state index is 2.39. The molecule has 2 aliphatic rings. The highest BCUT2D eigenvalue weighted by Gasteiger charge is 2.20. The molecule has 0 amide bonds. The molecule has 102 valence electrons. The van der Waals surface area contributed by atoms with Crippen molar-refractivity contribution in [1.82, 2.24) is 0 Å². The lowest BCUT2D eigenvalue weighted by Crippen LogP contribution is -2.10. The standard InChI is InChI=1S/C16H24.C2H6/c1-11-5-7-15(13(3)9-11)16-8-6-12(2)10-14(16)4;1-2/h9,12H,5-8,10H2,1-4H3;1-2H3. The molecule has 18 heavy (non-hydrogen) atoms. The summed E-state index contributed by atoms with van der Waals surface area (Å²) in [5.41, 5.74) is 8.08. The van der Waals surface area contributed by atoms with Gasteiger partial charge in [-0.15, -0.1) is 0 Å². The number of hydrogen-bond donors (Lipinski definition) is 0. The second kappa shape index (κ2) is 6.97. The molecule has 0 aromatic heterocycles. The summed E-state index contributed by atoms with van der Waals surface area (Å²) < 4.78 is 0. The minimum atomic E-state index is 0.894. The number of hydrogen-bond acceptors (Lipinski definition) is 0. The second-order valence-electron chi connectivity index (χ2n) is 5.76. The first-order chi connectivity index (χ1) is 8.58. The van der Waals surface area contributed by atoms with Crippen molar-refractivity contribution < 1.29 is 0 Å². The Morgan fingerprint density at radius 2 is 1.61 bits per heavy atom. The van der Waals surface area contributed by atoms with Gasteiger partial charge in [0.25, 0.3) is 0 Å². The predicted octanol–water partition coefficient (Wildman–Crippen LogP) is 6.21. The first-order valence-corrected chi connectivity index (χ1v) is 7.64. The van der Waals surface area contributed by atoms with E-state index < -0.39 is 0 Å². The van der Waals surface area contributed by atoms with Gasteiger partial charge in [0, 0.05) is 0 Å². The molecule has 0 spiro atoms. The van der Waals surface area contributed by atoms with Crippen LogP contribution in [-0.2, 0) is 0 Å². The van der Waals surface area contributed by atoms with Gasteiger partial charge in [-0.25, -0.2) is 0 Å². The minimum Gasteiger partial charge on any atom is -0.0727 e. The molecule has 0 saturated heterocycles. The highest BCUT2D eigenvalue weighted by Crippen LogP contribution is 2.38. The predicted molar refractivity (Wildman–Crippen MR) is 82.8 cm³/mol. The monoisotopic (exact) mass is 246 g/mol. The van der Waals surface area contributed by atoms with Gasteiger partial charge in [0.05, 0.1) is 0 Å². The SMILES string of the molecule is CC.CC1=CC(C)=C(C2=C(C)CC(C)CC2)CC1. The Morgan fingerprint density at radius 3 is 2.17 bits per heavy atom. The Balaban J connectivity index is 0.000000771. The average Bonchev–Trinajstić information content (AvgIpc) is 2.33. The highest BCUT2D eigenvalue weighted by atomic mass is 14.3. The average molecular weight is 246 g/mol. The van der Waals surface area contributed by atoms with Crippen LogP contribution in [-0.4, -0.2) is 0 Å². The van der Waals surface area contributed by atoms with Gasteiger partial charge in [0.15, 0.2) is 0 Å². The van der Waals surface area contributed by atoms with E-state index in [-0.39, 0.29) is 0 Å². The summed E-state index contributed by atoms with van der Waals surface area (Å²) in [7, 11) is 0. The molecule has 0 saturated carbocycles. The third-order valence-corrected chi connectivity index (χ3v) is 4.13. The summed E-state index contributed by atoms with van der Waals surface area (Å²) in [6.45, 7) is 13.3. The zero-order valence-electron chi connectivity index (χ0n) is 13.2. The first-order valence-electron chi connectivity index (χ1n) is 7.64. The number of allylic oxidation sites excluding steroid dienone is 6. The van der Waals surface area contributed by atoms with Crippen LogP contribution in [0.1, 0.15) is 73.6 Å².